The number of aliphatic hydroxyl groups excluding tert-OH is 1. The molecule has 10 heteroatoms. The molecule has 1 aromatic heterocycles. The SMILES string of the molecule is OC1CCN(c2nnc(-c3ccc(F)c(F)c3Nc3ccc(I)cc3F)o2)CC1. The highest BCUT2D eigenvalue weighted by Gasteiger charge is 2.24. The molecule has 1 aliphatic heterocycles. The van der Waals surface area contributed by atoms with Crippen LogP contribution in [0.1, 0.15) is 12.8 Å². The number of piperidine rings is 1. The lowest BCUT2D eigenvalue weighted by molar-refractivity contribution is 0.144. The second kappa shape index (κ2) is 8.19. The van der Waals surface area contributed by atoms with Gasteiger partial charge in [0.15, 0.2) is 11.6 Å². The lowest BCUT2D eigenvalue weighted by Gasteiger charge is -2.27. The van der Waals surface area contributed by atoms with E-state index in [1.807, 2.05) is 27.5 Å². The summed E-state index contributed by atoms with van der Waals surface area (Å²) >= 11 is 1.95. The Kier molecular flexibility index (Phi) is 5.63. The Labute approximate surface area is 177 Å². The number of hydrogen-bond acceptors (Lipinski definition) is 6. The molecule has 6 nitrogen and oxygen atoms in total. The third-order valence-corrected chi connectivity index (χ3v) is 5.34. The normalized spacial score (nSPS) is 15.0. The average Bonchev–Trinajstić information content (AvgIpc) is 3.18. The number of halogens is 4. The van der Waals surface area contributed by atoms with Crippen molar-refractivity contribution in [1.82, 2.24) is 10.2 Å². The van der Waals surface area contributed by atoms with Gasteiger partial charge in [-0.1, -0.05) is 5.10 Å². The second-order valence-electron chi connectivity index (χ2n) is 6.64. The molecule has 2 heterocycles. The third kappa shape index (κ3) is 4.17. The molecule has 152 valence electrons. The fourth-order valence-corrected chi connectivity index (χ4v) is 3.54. The van der Waals surface area contributed by atoms with Crippen LogP contribution in [0.3, 0.4) is 0 Å². The molecule has 1 aliphatic rings. The number of aliphatic hydroxyl groups is 1. The van der Waals surface area contributed by atoms with Crippen LogP contribution < -0.4 is 10.2 Å². The molecule has 0 saturated carbocycles. The van der Waals surface area contributed by atoms with E-state index in [2.05, 4.69) is 15.5 Å². The monoisotopic (exact) mass is 516 g/mol. The van der Waals surface area contributed by atoms with E-state index in [0.717, 1.165) is 6.07 Å². The first-order chi connectivity index (χ1) is 13.9. The molecule has 0 bridgehead atoms. The third-order valence-electron chi connectivity index (χ3n) is 4.67. The van der Waals surface area contributed by atoms with E-state index in [1.165, 1.54) is 18.2 Å². The summed E-state index contributed by atoms with van der Waals surface area (Å²) in [6, 6.07) is 6.81. The molecular weight excluding hydrogens is 500 g/mol. The van der Waals surface area contributed by atoms with Crippen LogP contribution in [0.4, 0.5) is 30.6 Å². The first-order valence-electron chi connectivity index (χ1n) is 8.89. The van der Waals surface area contributed by atoms with Crippen LogP contribution in [0.15, 0.2) is 34.7 Å². The summed E-state index contributed by atoms with van der Waals surface area (Å²) in [6.07, 6.45) is 0.781. The average molecular weight is 516 g/mol. The molecule has 0 atom stereocenters. The van der Waals surface area contributed by atoms with Gasteiger partial charge in [-0.2, -0.15) is 0 Å². The summed E-state index contributed by atoms with van der Waals surface area (Å²) in [6.45, 7) is 1.08. The number of anilines is 3. The highest BCUT2D eigenvalue weighted by atomic mass is 127. The predicted octanol–water partition coefficient (Wildman–Crippen LogP) is 4.46. The van der Waals surface area contributed by atoms with Gasteiger partial charge in [-0.05, 0) is 65.8 Å². The van der Waals surface area contributed by atoms with Gasteiger partial charge in [-0.15, -0.1) is 5.10 Å². The Hall–Kier alpha value is -2.34. The fraction of sp³-hybridized carbons (Fsp3) is 0.263. The highest BCUT2D eigenvalue weighted by Crippen LogP contribution is 2.35. The molecule has 29 heavy (non-hydrogen) atoms. The zero-order chi connectivity index (χ0) is 20.5. The Morgan fingerprint density at radius 3 is 2.55 bits per heavy atom. The molecule has 1 saturated heterocycles. The van der Waals surface area contributed by atoms with E-state index in [-0.39, 0.29) is 34.9 Å². The smallest absolute Gasteiger partial charge is 0.318 e. The number of aromatic nitrogens is 2. The van der Waals surface area contributed by atoms with Crippen LogP contribution in [0.25, 0.3) is 11.5 Å². The van der Waals surface area contributed by atoms with Crippen molar-refractivity contribution < 1.29 is 22.7 Å². The maximum absolute atomic E-state index is 14.6. The summed E-state index contributed by atoms with van der Waals surface area (Å²) in [4.78, 5) is 1.81. The number of hydrogen-bond donors (Lipinski definition) is 2. The van der Waals surface area contributed by atoms with Gasteiger partial charge in [0.2, 0.25) is 0 Å². The predicted molar refractivity (Wildman–Crippen MR) is 110 cm³/mol. The van der Waals surface area contributed by atoms with Gasteiger partial charge in [-0.25, -0.2) is 13.2 Å². The van der Waals surface area contributed by atoms with Gasteiger partial charge in [0, 0.05) is 16.7 Å². The quantitative estimate of drug-likeness (QED) is 0.499. The van der Waals surface area contributed by atoms with Gasteiger partial charge in [0.1, 0.15) is 5.82 Å². The summed E-state index contributed by atoms with van der Waals surface area (Å²) in [7, 11) is 0. The Balaban J connectivity index is 1.68. The molecule has 0 aliphatic carbocycles. The van der Waals surface area contributed by atoms with Crippen molar-refractivity contribution >= 4 is 40.0 Å². The molecule has 1 fully saturated rings. The van der Waals surface area contributed by atoms with Crippen LogP contribution in [-0.4, -0.2) is 34.5 Å². The summed E-state index contributed by atoms with van der Waals surface area (Å²) in [5.74, 6) is -2.91. The van der Waals surface area contributed by atoms with Crippen molar-refractivity contribution in [1.29, 1.82) is 0 Å². The van der Waals surface area contributed by atoms with Crippen LogP contribution in [0.5, 0.6) is 0 Å². The van der Waals surface area contributed by atoms with Crippen molar-refractivity contribution in [3.63, 3.8) is 0 Å². The lowest BCUT2D eigenvalue weighted by Crippen LogP contribution is -2.35. The van der Waals surface area contributed by atoms with Crippen LogP contribution >= 0.6 is 22.6 Å². The lowest BCUT2D eigenvalue weighted by atomic mass is 10.1. The zero-order valence-electron chi connectivity index (χ0n) is 15.0. The van der Waals surface area contributed by atoms with Crippen LogP contribution in [0, 0.1) is 21.0 Å². The molecule has 0 amide bonds. The first-order valence-corrected chi connectivity index (χ1v) is 9.97. The molecule has 2 aromatic carbocycles. The first kappa shape index (κ1) is 20.0. The summed E-state index contributed by atoms with van der Waals surface area (Å²) in [5.41, 5.74) is -0.201. The van der Waals surface area contributed by atoms with Crippen molar-refractivity contribution in [3.05, 3.63) is 51.4 Å². The van der Waals surface area contributed by atoms with Gasteiger partial charge < -0.3 is 19.7 Å². The maximum atomic E-state index is 14.6. The van der Waals surface area contributed by atoms with E-state index >= 15 is 0 Å². The van der Waals surface area contributed by atoms with E-state index in [1.54, 1.807) is 6.07 Å². The topological polar surface area (TPSA) is 74.4 Å². The van der Waals surface area contributed by atoms with E-state index in [0.29, 0.717) is 29.5 Å². The zero-order valence-corrected chi connectivity index (χ0v) is 17.2. The second-order valence-corrected chi connectivity index (χ2v) is 7.89. The maximum Gasteiger partial charge on any atom is 0.318 e. The molecule has 3 aromatic rings. The minimum atomic E-state index is -1.18. The fourth-order valence-electron chi connectivity index (χ4n) is 3.09. The van der Waals surface area contributed by atoms with E-state index in [9.17, 15) is 18.3 Å². The number of benzene rings is 2. The standard InChI is InChI=1S/C19H16F3IN4O2/c20-13-3-2-12(17(16(13)22)24-15-4-1-10(23)9-14(15)21)18-25-26-19(29-18)27-7-5-11(28)6-8-27/h1-4,9,11,24,28H,5-8H2. The summed E-state index contributed by atoms with van der Waals surface area (Å²) < 4.78 is 49.0. The van der Waals surface area contributed by atoms with Crippen molar-refractivity contribution in [2.24, 2.45) is 0 Å². The number of nitrogens with zero attached hydrogens (tertiary/aromatic N) is 3. The molecule has 0 unspecified atom stereocenters. The Morgan fingerprint density at radius 1 is 1.07 bits per heavy atom. The van der Waals surface area contributed by atoms with E-state index in [4.69, 9.17) is 4.42 Å². The number of rotatable bonds is 4. The van der Waals surface area contributed by atoms with Crippen molar-refractivity contribution in [2.45, 2.75) is 18.9 Å². The molecule has 4 rings (SSSR count). The minimum absolute atomic E-state index is 0.0130. The van der Waals surface area contributed by atoms with Gasteiger partial charge >= 0.3 is 6.01 Å². The molecule has 0 radical (unpaired) electrons. The van der Waals surface area contributed by atoms with Gasteiger partial charge in [-0.3, -0.25) is 0 Å². The van der Waals surface area contributed by atoms with Gasteiger partial charge in [0.25, 0.3) is 5.89 Å². The van der Waals surface area contributed by atoms with Crippen molar-refractivity contribution in [3.8, 4) is 11.5 Å². The Bertz CT molecular complexity index is 1040. The molecular formula is C19H16F3IN4O2. The van der Waals surface area contributed by atoms with Crippen LogP contribution in [0.2, 0.25) is 0 Å². The summed E-state index contributed by atoms with van der Waals surface area (Å²) in [5, 5.41) is 20.1. The van der Waals surface area contributed by atoms with Crippen molar-refractivity contribution in [2.75, 3.05) is 23.3 Å². The van der Waals surface area contributed by atoms with Crippen LogP contribution in [-0.2, 0) is 0 Å². The van der Waals surface area contributed by atoms with Gasteiger partial charge in [0.05, 0.1) is 23.0 Å². The number of nitrogens with one attached hydrogen (secondary N) is 1. The largest absolute Gasteiger partial charge is 0.403 e. The highest BCUT2D eigenvalue weighted by molar-refractivity contribution is 14.1. The Morgan fingerprint density at radius 2 is 1.83 bits per heavy atom. The minimum Gasteiger partial charge on any atom is -0.403 e. The van der Waals surface area contributed by atoms with E-state index < -0.39 is 17.5 Å². The molecule has 0 spiro atoms. The molecule has 2 N–H and O–H groups in total.